The molecule has 0 bridgehead atoms. The zero-order chi connectivity index (χ0) is 27.8. The zero-order valence-electron chi connectivity index (χ0n) is 22.5. The van der Waals surface area contributed by atoms with Crippen LogP contribution in [0, 0.1) is 20.8 Å². The topological polar surface area (TPSA) is 42.3 Å². The Balaban J connectivity index is 1.40. The van der Waals surface area contributed by atoms with Gasteiger partial charge in [0.2, 0.25) is 0 Å². The molecule has 5 aromatic rings. The Morgan fingerprint density at radius 2 is 1.48 bits per heavy atom. The number of hydrogen-bond donors (Lipinski definition) is 1. The minimum Gasteiger partial charge on any atom is -0.457 e. The van der Waals surface area contributed by atoms with Gasteiger partial charge in [0, 0.05) is 33.4 Å². The van der Waals surface area contributed by atoms with Crippen LogP contribution in [-0.2, 0) is 0 Å². The number of ether oxygens (including phenoxy) is 1. The summed E-state index contributed by atoms with van der Waals surface area (Å²) in [7, 11) is 0. The molecule has 0 amide bonds. The maximum Gasteiger partial charge on any atom is 0.174 e. The van der Waals surface area contributed by atoms with Crippen LogP contribution in [0.25, 0.3) is 5.69 Å². The second-order valence-corrected chi connectivity index (χ2v) is 11.3. The van der Waals surface area contributed by atoms with E-state index in [1.807, 2.05) is 54.7 Å². The molecule has 1 N–H and O–H groups in total. The van der Waals surface area contributed by atoms with Gasteiger partial charge in [0.1, 0.15) is 11.5 Å². The van der Waals surface area contributed by atoms with Crippen molar-refractivity contribution in [1.82, 2.24) is 14.9 Å². The van der Waals surface area contributed by atoms with Gasteiger partial charge >= 0.3 is 0 Å². The van der Waals surface area contributed by atoms with Crippen molar-refractivity contribution in [3.05, 3.63) is 136 Å². The molecule has 7 heteroatoms. The van der Waals surface area contributed by atoms with E-state index in [9.17, 15) is 0 Å². The summed E-state index contributed by atoms with van der Waals surface area (Å²) >= 11 is 9.52. The van der Waals surface area contributed by atoms with Crippen molar-refractivity contribution < 1.29 is 4.74 Å². The number of anilines is 1. The predicted molar refractivity (Wildman–Crippen MR) is 169 cm³/mol. The number of hydrogen-bond acceptors (Lipinski definition) is 3. The number of nitrogens with zero attached hydrogens (tertiary/aromatic N) is 3. The van der Waals surface area contributed by atoms with Crippen molar-refractivity contribution in [1.29, 1.82) is 0 Å². The van der Waals surface area contributed by atoms with E-state index >= 15 is 0 Å². The van der Waals surface area contributed by atoms with Gasteiger partial charge in [-0.1, -0.05) is 39.7 Å². The van der Waals surface area contributed by atoms with Crippen molar-refractivity contribution in [2.75, 3.05) is 4.90 Å². The Kier molecular flexibility index (Phi) is 7.17. The highest BCUT2D eigenvalue weighted by Gasteiger charge is 2.42. The third kappa shape index (κ3) is 5.03. The molecule has 1 fully saturated rings. The monoisotopic (exact) mass is 608 g/mol. The van der Waals surface area contributed by atoms with Gasteiger partial charge in [0.05, 0.1) is 17.8 Å². The first-order valence-electron chi connectivity index (χ1n) is 13.2. The molecular weight excluding hydrogens is 580 g/mol. The van der Waals surface area contributed by atoms with Crippen LogP contribution in [-0.4, -0.2) is 14.7 Å². The fourth-order valence-corrected chi connectivity index (χ4v) is 6.05. The first-order chi connectivity index (χ1) is 19.4. The highest BCUT2D eigenvalue weighted by molar-refractivity contribution is 9.10. The number of pyridine rings is 1. The minimum atomic E-state index is -0.115. The van der Waals surface area contributed by atoms with Crippen LogP contribution in [0.5, 0.6) is 11.5 Å². The van der Waals surface area contributed by atoms with Gasteiger partial charge < -0.3 is 19.5 Å². The first-order valence-corrected chi connectivity index (χ1v) is 14.4. The quantitative estimate of drug-likeness (QED) is 0.196. The fourth-order valence-electron chi connectivity index (χ4n) is 5.44. The van der Waals surface area contributed by atoms with Gasteiger partial charge in [0.25, 0.3) is 0 Å². The van der Waals surface area contributed by atoms with Gasteiger partial charge in [-0.3, -0.25) is 4.98 Å². The highest BCUT2D eigenvalue weighted by atomic mass is 79.9. The smallest absolute Gasteiger partial charge is 0.174 e. The maximum absolute atomic E-state index is 6.09. The van der Waals surface area contributed by atoms with Gasteiger partial charge in [-0.05, 0) is 117 Å². The average Bonchev–Trinajstić information content (AvgIpc) is 3.46. The van der Waals surface area contributed by atoms with Crippen molar-refractivity contribution >= 4 is 38.9 Å². The average molecular weight is 610 g/mol. The standard InChI is InChI=1S/C33H29BrN4OS/c1-21-7-15-27(16-8-21)39-28-17-13-26(14-18-28)38-32(31(36-33(38)40)30-6-4-5-19-35-30)29-20-22(2)37(23(29)3)25-11-9-24(34)10-12-25/h4-20,31-32H,1-3H3,(H,36,40). The number of halogens is 1. The lowest BCUT2D eigenvalue weighted by atomic mass is 9.96. The molecule has 1 aliphatic rings. The molecule has 0 radical (unpaired) electrons. The Morgan fingerprint density at radius 1 is 0.825 bits per heavy atom. The number of aryl methyl sites for hydroxylation is 2. The van der Waals surface area contributed by atoms with Crippen LogP contribution in [0.2, 0.25) is 0 Å². The normalized spacial score (nSPS) is 16.7. The van der Waals surface area contributed by atoms with E-state index < -0.39 is 0 Å². The molecule has 0 saturated carbocycles. The van der Waals surface area contributed by atoms with E-state index in [0.29, 0.717) is 5.11 Å². The van der Waals surface area contributed by atoms with Gasteiger partial charge in [0.15, 0.2) is 5.11 Å². The van der Waals surface area contributed by atoms with Crippen molar-refractivity contribution in [2.45, 2.75) is 32.9 Å². The molecular formula is C33H29BrN4OS. The summed E-state index contributed by atoms with van der Waals surface area (Å²) in [4.78, 5) is 6.92. The lowest BCUT2D eigenvalue weighted by Crippen LogP contribution is -2.29. The van der Waals surface area contributed by atoms with Crippen LogP contribution in [0.15, 0.2) is 108 Å². The SMILES string of the molecule is Cc1ccc(Oc2ccc(N3C(=S)NC(c4ccccn4)C3c3cc(C)n(-c4ccc(Br)cc4)c3C)cc2)cc1. The lowest BCUT2D eigenvalue weighted by molar-refractivity contribution is 0.482. The Labute approximate surface area is 248 Å². The number of thiocarbonyl (C=S) groups is 1. The van der Waals surface area contributed by atoms with Crippen LogP contribution >= 0.6 is 28.1 Å². The van der Waals surface area contributed by atoms with Gasteiger partial charge in [-0.2, -0.15) is 0 Å². The van der Waals surface area contributed by atoms with E-state index in [-0.39, 0.29) is 12.1 Å². The number of aromatic nitrogens is 2. The maximum atomic E-state index is 6.09. The van der Waals surface area contributed by atoms with Gasteiger partial charge in [-0.25, -0.2) is 0 Å². The molecule has 0 aliphatic carbocycles. The van der Waals surface area contributed by atoms with E-state index in [0.717, 1.165) is 38.7 Å². The summed E-state index contributed by atoms with van der Waals surface area (Å²) in [5.74, 6) is 1.59. The van der Waals surface area contributed by atoms with Crippen molar-refractivity contribution in [2.24, 2.45) is 0 Å². The predicted octanol–water partition coefficient (Wildman–Crippen LogP) is 8.53. The molecule has 2 aromatic heterocycles. The van der Waals surface area contributed by atoms with Crippen LogP contribution in [0.1, 0.15) is 40.3 Å². The molecule has 2 atom stereocenters. The molecule has 1 aliphatic heterocycles. The summed E-state index contributed by atoms with van der Waals surface area (Å²) in [6, 6.07) is 32.7. The first kappa shape index (κ1) is 26.3. The van der Waals surface area contributed by atoms with Crippen LogP contribution < -0.4 is 15.0 Å². The third-order valence-electron chi connectivity index (χ3n) is 7.34. The molecule has 0 spiro atoms. The second-order valence-electron chi connectivity index (χ2n) is 10.0. The van der Waals surface area contributed by atoms with Crippen LogP contribution in [0.3, 0.4) is 0 Å². The van der Waals surface area contributed by atoms with Crippen molar-refractivity contribution in [3.63, 3.8) is 0 Å². The molecule has 3 heterocycles. The Hall–Kier alpha value is -3.94. The van der Waals surface area contributed by atoms with E-state index in [2.05, 4.69) is 100 Å². The van der Waals surface area contributed by atoms with E-state index in [1.165, 1.54) is 16.8 Å². The molecule has 200 valence electrons. The Morgan fingerprint density at radius 3 is 2.12 bits per heavy atom. The molecule has 1 saturated heterocycles. The van der Waals surface area contributed by atoms with Gasteiger partial charge in [-0.15, -0.1) is 0 Å². The summed E-state index contributed by atoms with van der Waals surface area (Å²) in [5.41, 5.74) is 7.79. The lowest BCUT2D eigenvalue weighted by Gasteiger charge is -2.28. The third-order valence-corrected chi connectivity index (χ3v) is 8.19. The van der Waals surface area contributed by atoms with Crippen LogP contribution in [0.4, 0.5) is 5.69 Å². The zero-order valence-corrected chi connectivity index (χ0v) is 24.9. The largest absolute Gasteiger partial charge is 0.457 e. The second kappa shape index (κ2) is 10.9. The molecule has 6 rings (SSSR count). The summed E-state index contributed by atoms with van der Waals surface area (Å²) in [6.07, 6.45) is 1.84. The molecule has 5 nitrogen and oxygen atoms in total. The summed E-state index contributed by atoms with van der Waals surface area (Å²) in [6.45, 7) is 6.39. The van der Waals surface area contributed by atoms with E-state index in [4.69, 9.17) is 21.9 Å². The summed E-state index contributed by atoms with van der Waals surface area (Å²) in [5, 5.41) is 4.25. The minimum absolute atomic E-state index is 0.0957. The molecule has 2 unspecified atom stereocenters. The molecule has 3 aromatic carbocycles. The molecule has 40 heavy (non-hydrogen) atoms. The Bertz CT molecular complexity index is 1650. The number of benzene rings is 3. The highest BCUT2D eigenvalue weighted by Crippen LogP contribution is 2.44. The fraction of sp³-hybridized carbons (Fsp3) is 0.152. The number of nitrogens with one attached hydrogen (secondary N) is 1. The number of rotatable bonds is 6. The van der Waals surface area contributed by atoms with Crippen molar-refractivity contribution in [3.8, 4) is 17.2 Å². The van der Waals surface area contributed by atoms with E-state index in [1.54, 1.807) is 0 Å². The summed E-state index contributed by atoms with van der Waals surface area (Å²) < 4.78 is 9.45.